The van der Waals surface area contributed by atoms with Crippen LogP contribution in [0.3, 0.4) is 0 Å². The van der Waals surface area contributed by atoms with E-state index in [0.29, 0.717) is 21.3 Å². The van der Waals surface area contributed by atoms with E-state index in [9.17, 15) is 38.2 Å². The second kappa shape index (κ2) is 14.5. The van der Waals surface area contributed by atoms with E-state index >= 15 is 0 Å². The Morgan fingerprint density at radius 2 is 1.79 bits per heavy atom. The third-order valence-electron chi connectivity index (χ3n) is 6.20. The van der Waals surface area contributed by atoms with Gasteiger partial charge in [0.05, 0.1) is 12.6 Å². The first-order valence-corrected chi connectivity index (χ1v) is 12.9. The number of nitrogens with zero attached hydrogens (tertiary/aromatic N) is 2. The van der Waals surface area contributed by atoms with Gasteiger partial charge in [0.1, 0.15) is 23.8 Å². The fraction of sp³-hybridized carbons (Fsp3) is 0.200. The molecule has 0 bridgehead atoms. The number of aromatic nitrogens is 1. The van der Waals surface area contributed by atoms with Gasteiger partial charge >= 0.3 is 6.09 Å². The number of rotatable bonds is 13. The van der Waals surface area contributed by atoms with Crippen molar-refractivity contribution in [3.05, 3.63) is 124 Å². The highest BCUT2D eigenvalue weighted by Gasteiger charge is 2.33. The van der Waals surface area contributed by atoms with Crippen LogP contribution in [0.2, 0.25) is 0 Å². The Labute approximate surface area is 245 Å². The van der Waals surface area contributed by atoms with Gasteiger partial charge in [0.25, 0.3) is 11.8 Å². The van der Waals surface area contributed by atoms with Gasteiger partial charge in [-0.2, -0.15) is 0 Å². The molecule has 0 unspecified atom stereocenters. The van der Waals surface area contributed by atoms with Crippen LogP contribution in [-0.4, -0.2) is 51.5 Å². The van der Waals surface area contributed by atoms with Crippen molar-refractivity contribution in [2.24, 2.45) is 0 Å². The van der Waals surface area contributed by atoms with Crippen LogP contribution < -0.4 is 25.8 Å². The molecule has 0 aliphatic heterocycles. The fourth-order valence-corrected chi connectivity index (χ4v) is 3.90. The number of hydrogen-bond acceptors (Lipinski definition) is 6. The Morgan fingerprint density at radius 1 is 1.09 bits per heavy atom. The summed E-state index contributed by atoms with van der Waals surface area (Å²) >= 11 is 0. The van der Waals surface area contributed by atoms with E-state index in [-0.39, 0.29) is 12.2 Å². The summed E-state index contributed by atoms with van der Waals surface area (Å²) in [6.07, 6.45) is 1.59. The van der Waals surface area contributed by atoms with Gasteiger partial charge in [-0.05, 0) is 18.6 Å². The molecule has 0 radical (unpaired) electrons. The molecule has 11 nitrogen and oxygen atoms in total. The van der Waals surface area contributed by atoms with E-state index in [1.807, 2.05) is 0 Å². The minimum Gasteiger partial charge on any atom is -0.482 e. The van der Waals surface area contributed by atoms with E-state index in [4.69, 9.17) is 4.74 Å². The summed E-state index contributed by atoms with van der Waals surface area (Å²) in [5.41, 5.74) is -1.87. The number of carbonyl (C=O) groups excluding carboxylic acids is 2. The standard InChI is InChI=1S/C30H30F2N4O7/c1-4-18(3)34-29(40)25-27(43-17-19-9-7-6-8-10-19)26(38)23(15-35(25)36(30(41)42)22(5-2)16-37)28(39)33-14-20-11-12-21(31)13-24(20)32/h4-13,15,18,22,37H,1-2,14,16-17H2,3H3,(H,33,39)(H,34,40)(H,41,42)/t18-,22-/m0/s1. The number of amides is 3. The quantitative estimate of drug-likeness (QED) is 0.222. The van der Waals surface area contributed by atoms with Gasteiger partial charge in [0, 0.05) is 30.4 Å². The summed E-state index contributed by atoms with van der Waals surface area (Å²) in [6.45, 7) is 7.19. The molecule has 0 aliphatic carbocycles. The summed E-state index contributed by atoms with van der Waals surface area (Å²) in [4.78, 5) is 53.0. The molecule has 2 atom stereocenters. The molecule has 3 amide bonds. The van der Waals surface area contributed by atoms with Crippen molar-refractivity contribution < 1.29 is 38.1 Å². The summed E-state index contributed by atoms with van der Waals surface area (Å²) in [6, 6.07) is 9.24. The Morgan fingerprint density at radius 3 is 2.37 bits per heavy atom. The topological polar surface area (TPSA) is 150 Å². The molecular formula is C30H30F2N4O7. The maximum Gasteiger partial charge on any atom is 0.427 e. The van der Waals surface area contributed by atoms with Gasteiger partial charge in [-0.15, -0.1) is 13.2 Å². The van der Waals surface area contributed by atoms with Crippen LogP contribution in [-0.2, 0) is 13.2 Å². The van der Waals surface area contributed by atoms with Crippen molar-refractivity contribution in [1.29, 1.82) is 0 Å². The van der Waals surface area contributed by atoms with Gasteiger partial charge in [-0.25, -0.2) is 23.3 Å². The average Bonchev–Trinajstić information content (AvgIpc) is 2.98. The van der Waals surface area contributed by atoms with E-state index < -0.39 is 77.2 Å². The average molecular weight is 597 g/mol. The number of benzene rings is 2. The zero-order chi connectivity index (χ0) is 31.7. The van der Waals surface area contributed by atoms with Crippen molar-refractivity contribution in [2.75, 3.05) is 11.6 Å². The zero-order valence-corrected chi connectivity index (χ0v) is 23.1. The summed E-state index contributed by atoms with van der Waals surface area (Å²) in [5.74, 6) is -4.49. The molecule has 13 heteroatoms. The fourth-order valence-electron chi connectivity index (χ4n) is 3.90. The van der Waals surface area contributed by atoms with Crippen molar-refractivity contribution in [1.82, 2.24) is 15.3 Å². The number of hydrogen-bond donors (Lipinski definition) is 4. The van der Waals surface area contributed by atoms with E-state index in [0.717, 1.165) is 24.4 Å². The zero-order valence-electron chi connectivity index (χ0n) is 23.1. The molecule has 43 heavy (non-hydrogen) atoms. The van der Waals surface area contributed by atoms with Crippen molar-refractivity contribution in [2.45, 2.75) is 32.2 Å². The second-order valence-electron chi connectivity index (χ2n) is 9.20. The molecule has 226 valence electrons. The molecule has 1 aromatic heterocycles. The molecule has 0 spiro atoms. The lowest BCUT2D eigenvalue weighted by atomic mass is 10.1. The van der Waals surface area contributed by atoms with Crippen LogP contribution in [0, 0.1) is 11.6 Å². The van der Waals surface area contributed by atoms with Crippen LogP contribution in [0.5, 0.6) is 5.75 Å². The number of nitrogens with one attached hydrogen (secondary N) is 2. The first-order valence-electron chi connectivity index (χ1n) is 12.9. The van der Waals surface area contributed by atoms with E-state index in [1.165, 1.54) is 6.08 Å². The highest BCUT2D eigenvalue weighted by atomic mass is 19.1. The van der Waals surface area contributed by atoms with Crippen molar-refractivity contribution in [3.63, 3.8) is 0 Å². The summed E-state index contributed by atoms with van der Waals surface area (Å²) < 4.78 is 34.0. The predicted octanol–water partition coefficient (Wildman–Crippen LogP) is 3.10. The second-order valence-corrected chi connectivity index (χ2v) is 9.20. The minimum absolute atomic E-state index is 0.0933. The number of pyridine rings is 1. The van der Waals surface area contributed by atoms with Crippen LogP contribution in [0.15, 0.2) is 84.8 Å². The lowest BCUT2D eigenvalue weighted by molar-refractivity contribution is 0.0917. The third kappa shape index (κ3) is 7.71. The van der Waals surface area contributed by atoms with Gasteiger partial charge in [0.2, 0.25) is 5.43 Å². The summed E-state index contributed by atoms with van der Waals surface area (Å²) in [5, 5.41) is 25.4. The molecule has 0 aliphatic rings. The third-order valence-corrected chi connectivity index (χ3v) is 6.20. The van der Waals surface area contributed by atoms with Crippen molar-refractivity contribution in [3.8, 4) is 5.75 Å². The molecule has 3 aromatic rings. The number of aliphatic hydroxyl groups excluding tert-OH is 1. The largest absolute Gasteiger partial charge is 0.482 e. The predicted molar refractivity (Wildman–Crippen MR) is 153 cm³/mol. The van der Waals surface area contributed by atoms with Gasteiger partial charge in [0.15, 0.2) is 11.4 Å². The summed E-state index contributed by atoms with van der Waals surface area (Å²) in [7, 11) is 0. The molecule has 2 aromatic carbocycles. The number of carbonyl (C=O) groups is 3. The first kappa shape index (κ1) is 32.2. The van der Waals surface area contributed by atoms with Crippen LogP contribution >= 0.6 is 0 Å². The van der Waals surface area contributed by atoms with Crippen LogP contribution in [0.1, 0.15) is 38.9 Å². The molecule has 1 heterocycles. The number of halogens is 2. The van der Waals surface area contributed by atoms with Gasteiger partial charge in [-0.3, -0.25) is 14.4 Å². The Hall–Kier alpha value is -5.30. The smallest absolute Gasteiger partial charge is 0.427 e. The number of carboxylic acid groups (broad SMARTS) is 1. The molecular weight excluding hydrogens is 566 g/mol. The number of aliphatic hydroxyl groups is 1. The highest BCUT2D eigenvalue weighted by Crippen LogP contribution is 2.20. The lowest BCUT2D eigenvalue weighted by Crippen LogP contribution is -2.52. The van der Waals surface area contributed by atoms with E-state index in [2.05, 4.69) is 23.8 Å². The Bertz CT molecular complexity index is 1580. The Kier molecular flexibility index (Phi) is 10.9. The molecule has 0 saturated heterocycles. The lowest BCUT2D eigenvalue weighted by Gasteiger charge is -2.31. The van der Waals surface area contributed by atoms with Crippen LogP contribution in [0.25, 0.3) is 0 Å². The normalized spacial score (nSPS) is 12.0. The maximum absolute atomic E-state index is 14.2. The Balaban J connectivity index is 2.24. The minimum atomic E-state index is -1.68. The van der Waals surface area contributed by atoms with Crippen LogP contribution in [0.4, 0.5) is 13.6 Å². The van der Waals surface area contributed by atoms with Crippen molar-refractivity contribution >= 4 is 17.9 Å². The molecule has 3 rings (SSSR count). The molecule has 0 fully saturated rings. The maximum atomic E-state index is 14.2. The number of ether oxygens (including phenoxy) is 1. The van der Waals surface area contributed by atoms with Gasteiger partial charge in [-0.1, -0.05) is 48.6 Å². The SMILES string of the molecule is C=C[C@H](C)NC(=O)c1c(OCc2ccccc2)c(=O)c(C(=O)NCc2ccc(F)cc2F)cn1N(C(=O)O)[C@@H](C=C)CO. The molecule has 4 N–H and O–H groups in total. The molecule has 0 saturated carbocycles. The first-order chi connectivity index (χ1) is 20.5. The highest BCUT2D eigenvalue weighted by molar-refractivity contribution is 5.99. The monoisotopic (exact) mass is 596 g/mol. The van der Waals surface area contributed by atoms with Gasteiger partial charge < -0.3 is 25.6 Å². The van der Waals surface area contributed by atoms with E-state index in [1.54, 1.807) is 37.3 Å².